The van der Waals surface area contributed by atoms with Gasteiger partial charge in [0.05, 0.1) is 13.2 Å². The Labute approximate surface area is 125 Å². The van der Waals surface area contributed by atoms with E-state index < -0.39 is 5.67 Å². The van der Waals surface area contributed by atoms with E-state index in [1.165, 1.54) is 5.39 Å². The third-order valence-corrected chi connectivity index (χ3v) is 4.11. The van der Waals surface area contributed by atoms with Gasteiger partial charge < -0.3 is 10.1 Å². The molecule has 3 heteroatoms. The maximum Gasteiger partial charge on any atom is 0.113 e. The number of hydrogen-bond donors (Lipinski definition) is 1. The molecule has 0 bridgehead atoms. The second-order valence-corrected chi connectivity index (χ2v) is 6.16. The Hall–Kier alpha value is -1.45. The summed E-state index contributed by atoms with van der Waals surface area (Å²) in [7, 11) is 0. The van der Waals surface area contributed by atoms with E-state index in [1.54, 1.807) is 6.92 Å². The predicted octanol–water partition coefficient (Wildman–Crippen LogP) is 3.49. The van der Waals surface area contributed by atoms with Gasteiger partial charge in [-0.1, -0.05) is 42.5 Å². The number of halogens is 1. The van der Waals surface area contributed by atoms with E-state index in [9.17, 15) is 4.39 Å². The van der Waals surface area contributed by atoms with Crippen LogP contribution in [0.4, 0.5) is 4.39 Å². The maximum atomic E-state index is 15.0. The van der Waals surface area contributed by atoms with Crippen molar-refractivity contribution < 1.29 is 9.13 Å². The van der Waals surface area contributed by atoms with Gasteiger partial charge in [-0.2, -0.15) is 0 Å². The van der Waals surface area contributed by atoms with E-state index in [0.29, 0.717) is 19.4 Å². The maximum absolute atomic E-state index is 15.0. The minimum absolute atomic E-state index is 0.115. The molecule has 0 amide bonds. The minimum Gasteiger partial charge on any atom is -0.379 e. The molecular weight excluding hydrogens is 265 g/mol. The lowest BCUT2D eigenvalue weighted by Gasteiger charge is -2.30. The molecule has 21 heavy (non-hydrogen) atoms. The van der Waals surface area contributed by atoms with Crippen molar-refractivity contribution in [1.82, 2.24) is 5.32 Å². The third-order valence-electron chi connectivity index (χ3n) is 4.11. The average molecular weight is 287 g/mol. The second-order valence-electron chi connectivity index (χ2n) is 6.16. The SMILES string of the molecule is CC(F)(Cc1cccc2ccccc12)CC1COCCN1. The normalized spacial score (nSPS) is 22.1. The summed E-state index contributed by atoms with van der Waals surface area (Å²) in [4.78, 5) is 0. The van der Waals surface area contributed by atoms with Gasteiger partial charge >= 0.3 is 0 Å². The van der Waals surface area contributed by atoms with Crippen molar-refractivity contribution in [2.45, 2.75) is 31.5 Å². The fourth-order valence-electron chi connectivity index (χ4n) is 3.18. The van der Waals surface area contributed by atoms with Gasteiger partial charge in [0.25, 0.3) is 0 Å². The summed E-state index contributed by atoms with van der Waals surface area (Å²) >= 11 is 0. The summed E-state index contributed by atoms with van der Waals surface area (Å²) in [6, 6.07) is 14.4. The molecule has 0 aliphatic carbocycles. The van der Waals surface area contributed by atoms with Gasteiger partial charge in [-0.15, -0.1) is 0 Å². The van der Waals surface area contributed by atoms with E-state index in [1.807, 2.05) is 24.3 Å². The van der Waals surface area contributed by atoms with Gasteiger partial charge in [0.2, 0.25) is 0 Å². The first kappa shape index (κ1) is 14.5. The van der Waals surface area contributed by atoms with Crippen LogP contribution >= 0.6 is 0 Å². The molecule has 1 fully saturated rings. The van der Waals surface area contributed by atoms with Crippen LogP contribution in [0.5, 0.6) is 0 Å². The first-order valence-electron chi connectivity index (χ1n) is 7.61. The van der Waals surface area contributed by atoms with E-state index in [2.05, 4.69) is 23.5 Å². The summed E-state index contributed by atoms with van der Waals surface area (Å²) in [5.74, 6) is 0. The number of benzene rings is 2. The highest BCUT2D eigenvalue weighted by molar-refractivity contribution is 5.85. The molecule has 0 saturated carbocycles. The molecule has 2 nitrogen and oxygen atoms in total. The van der Waals surface area contributed by atoms with E-state index >= 15 is 0 Å². The second kappa shape index (κ2) is 6.12. The molecule has 1 aliphatic rings. The Morgan fingerprint density at radius 1 is 1.24 bits per heavy atom. The number of fused-ring (bicyclic) bond motifs is 1. The van der Waals surface area contributed by atoms with E-state index in [4.69, 9.17) is 4.74 Å². The molecular formula is C18H22FNO. The van der Waals surface area contributed by atoms with Crippen LogP contribution in [0, 0.1) is 0 Å². The monoisotopic (exact) mass is 287 g/mol. The Kier molecular flexibility index (Phi) is 4.22. The Balaban J connectivity index is 1.76. The van der Waals surface area contributed by atoms with Crippen LogP contribution in [0.3, 0.4) is 0 Å². The summed E-state index contributed by atoms with van der Waals surface area (Å²) in [6.45, 7) is 3.85. The molecule has 0 radical (unpaired) electrons. The lowest BCUT2D eigenvalue weighted by Crippen LogP contribution is -2.45. The molecule has 3 rings (SSSR count). The third kappa shape index (κ3) is 3.60. The molecule has 0 aromatic heterocycles. The molecule has 0 spiro atoms. The fraction of sp³-hybridized carbons (Fsp3) is 0.444. The lowest BCUT2D eigenvalue weighted by molar-refractivity contribution is 0.0484. The van der Waals surface area contributed by atoms with Crippen molar-refractivity contribution in [3.05, 3.63) is 48.0 Å². The number of rotatable bonds is 4. The summed E-state index contributed by atoms with van der Waals surface area (Å²) in [5.41, 5.74) is -0.155. The van der Waals surface area contributed by atoms with Crippen LogP contribution in [0.1, 0.15) is 18.9 Å². The number of alkyl halides is 1. The van der Waals surface area contributed by atoms with Crippen LogP contribution in [-0.4, -0.2) is 31.5 Å². The topological polar surface area (TPSA) is 21.3 Å². The zero-order valence-corrected chi connectivity index (χ0v) is 12.4. The van der Waals surface area contributed by atoms with Crippen molar-refractivity contribution in [2.75, 3.05) is 19.8 Å². The molecule has 2 aromatic carbocycles. The molecule has 1 saturated heterocycles. The smallest absolute Gasteiger partial charge is 0.113 e. The standard InChI is InChI=1S/C18H22FNO/c1-18(19,12-16-13-21-10-9-20-16)11-15-7-4-6-14-5-2-3-8-17(14)15/h2-8,16,20H,9-13H2,1H3. The zero-order chi connectivity index (χ0) is 14.7. The Morgan fingerprint density at radius 3 is 2.86 bits per heavy atom. The van der Waals surface area contributed by atoms with Crippen molar-refractivity contribution in [3.8, 4) is 0 Å². The highest BCUT2D eigenvalue weighted by atomic mass is 19.1. The number of morpholine rings is 1. The first-order valence-corrected chi connectivity index (χ1v) is 7.61. The highest BCUT2D eigenvalue weighted by Gasteiger charge is 2.29. The molecule has 1 N–H and O–H groups in total. The van der Waals surface area contributed by atoms with Gasteiger partial charge in [0, 0.05) is 19.0 Å². The quantitative estimate of drug-likeness (QED) is 0.929. The van der Waals surface area contributed by atoms with Crippen molar-refractivity contribution in [3.63, 3.8) is 0 Å². The van der Waals surface area contributed by atoms with Gasteiger partial charge in [-0.25, -0.2) is 4.39 Å². The molecule has 2 atom stereocenters. The first-order chi connectivity index (χ1) is 10.1. The number of hydrogen-bond acceptors (Lipinski definition) is 2. The molecule has 112 valence electrons. The van der Waals surface area contributed by atoms with E-state index in [0.717, 1.165) is 24.1 Å². The summed E-state index contributed by atoms with van der Waals surface area (Å²) in [5, 5.41) is 5.65. The summed E-state index contributed by atoms with van der Waals surface area (Å²) < 4.78 is 20.4. The predicted molar refractivity (Wildman–Crippen MR) is 84.4 cm³/mol. The van der Waals surface area contributed by atoms with Crippen molar-refractivity contribution in [1.29, 1.82) is 0 Å². The molecule has 2 unspecified atom stereocenters. The number of nitrogens with one attached hydrogen (secondary N) is 1. The molecule has 2 aromatic rings. The largest absolute Gasteiger partial charge is 0.379 e. The molecule has 1 aliphatic heterocycles. The van der Waals surface area contributed by atoms with Crippen LogP contribution in [0.25, 0.3) is 10.8 Å². The van der Waals surface area contributed by atoms with Crippen LogP contribution in [0.2, 0.25) is 0 Å². The fourth-order valence-corrected chi connectivity index (χ4v) is 3.18. The van der Waals surface area contributed by atoms with E-state index in [-0.39, 0.29) is 6.04 Å². The van der Waals surface area contributed by atoms with Crippen LogP contribution in [-0.2, 0) is 11.2 Å². The van der Waals surface area contributed by atoms with Gasteiger partial charge in [0.15, 0.2) is 0 Å². The van der Waals surface area contributed by atoms with Crippen LogP contribution < -0.4 is 5.32 Å². The van der Waals surface area contributed by atoms with Gasteiger partial charge in [-0.3, -0.25) is 0 Å². The average Bonchev–Trinajstić information content (AvgIpc) is 2.48. The summed E-state index contributed by atoms with van der Waals surface area (Å²) in [6.07, 6.45) is 0.919. The Bertz CT molecular complexity index is 600. The van der Waals surface area contributed by atoms with Crippen molar-refractivity contribution >= 4 is 10.8 Å². The lowest BCUT2D eigenvalue weighted by atomic mass is 9.89. The van der Waals surface area contributed by atoms with Crippen molar-refractivity contribution in [2.24, 2.45) is 0 Å². The Morgan fingerprint density at radius 2 is 2.05 bits per heavy atom. The van der Waals surface area contributed by atoms with Gasteiger partial charge in [-0.05, 0) is 29.7 Å². The number of ether oxygens (including phenoxy) is 1. The zero-order valence-electron chi connectivity index (χ0n) is 12.4. The molecule has 1 heterocycles. The highest BCUT2D eigenvalue weighted by Crippen LogP contribution is 2.28. The van der Waals surface area contributed by atoms with Gasteiger partial charge in [0.1, 0.15) is 5.67 Å². The minimum atomic E-state index is -1.23. The van der Waals surface area contributed by atoms with Crippen LogP contribution in [0.15, 0.2) is 42.5 Å².